The molecule has 1 aromatic carbocycles. The van der Waals surface area contributed by atoms with Crippen molar-refractivity contribution in [2.24, 2.45) is 0 Å². The van der Waals surface area contributed by atoms with Gasteiger partial charge in [0.15, 0.2) is 0 Å². The molecule has 5 rings (SSSR count). The third kappa shape index (κ3) is 5.12. The highest BCUT2D eigenvalue weighted by Gasteiger charge is 2.24. The van der Waals surface area contributed by atoms with Gasteiger partial charge < -0.3 is 19.9 Å². The number of amides is 1. The van der Waals surface area contributed by atoms with Crippen molar-refractivity contribution in [3.63, 3.8) is 0 Å². The zero-order valence-electron chi connectivity index (χ0n) is 18.9. The van der Waals surface area contributed by atoms with Crippen LogP contribution in [0.4, 0.5) is 5.95 Å². The SMILES string of the molecule is O=C(c1cnc(N2CCOCC2)nc1CCNCc1ccc2ncccc2c1)N1CCCC1. The number of ether oxygens (including phenoxy) is 1. The molecule has 2 aliphatic heterocycles. The second-order valence-electron chi connectivity index (χ2n) is 8.59. The number of likely N-dealkylation sites (tertiary alicyclic amines) is 1. The van der Waals surface area contributed by atoms with Crippen LogP contribution in [0.1, 0.15) is 34.5 Å². The van der Waals surface area contributed by atoms with Gasteiger partial charge in [-0.3, -0.25) is 9.78 Å². The number of nitrogens with one attached hydrogen (secondary N) is 1. The zero-order chi connectivity index (χ0) is 22.5. The second kappa shape index (κ2) is 10.2. The van der Waals surface area contributed by atoms with Gasteiger partial charge in [-0.15, -0.1) is 0 Å². The molecule has 8 nitrogen and oxygen atoms in total. The summed E-state index contributed by atoms with van der Waals surface area (Å²) in [6.07, 6.45) is 6.34. The molecule has 2 aromatic heterocycles. The first kappa shape index (κ1) is 21.7. The number of hydrogen-bond donors (Lipinski definition) is 1. The number of nitrogens with zero attached hydrogens (tertiary/aromatic N) is 5. The Labute approximate surface area is 194 Å². The maximum absolute atomic E-state index is 13.1. The lowest BCUT2D eigenvalue weighted by molar-refractivity contribution is 0.0790. The molecule has 2 saturated heterocycles. The van der Waals surface area contributed by atoms with Gasteiger partial charge in [-0.2, -0.15) is 0 Å². The highest BCUT2D eigenvalue weighted by atomic mass is 16.5. The number of anilines is 1. The van der Waals surface area contributed by atoms with E-state index >= 15 is 0 Å². The molecule has 1 amide bonds. The van der Waals surface area contributed by atoms with Gasteiger partial charge in [-0.05, 0) is 36.6 Å². The van der Waals surface area contributed by atoms with Crippen LogP contribution in [0.5, 0.6) is 0 Å². The highest BCUT2D eigenvalue weighted by molar-refractivity contribution is 5.95. The van der Waals surface area contributed by atoms with E-state index in [-0.39, 0.29) is 5.91 Å². The van der Waals surface area contributed by atoms with E-state index < -0.39 is 0 Å². The Balaban J connectivity index is 1.28. The molecule has 0 radical (unpaired) electrons. The number of fused-ring (bicyclic) bond motifs is 1. The fourth-order valence-electron chi connectivity index (χ4n) is 4.46. The van der Waals surface area contributed by atoms with Crippen molar-refractivity contribution in [1.29, 1.82) is 0 Å². The number of carbonyl (C=O) groups excluding carboxylic acids is 1. The van der Waals surface area contributed by atoms with Gasteiger partial charge in [-0.25, -0.2) is 9.97 Å². The van der Waals surface area contributed by atoms with Gasteiger partial charge >= 0.3 is 0 Å². The Morgan fingerprint density at radius 3 is 2.76 bits per heavy atom. The van der Waals surface area contributed by atoms with Crippen LogP contribution in [0.15, 0.2) is 42.7 Å². The van der Waals surface area contributed by atoms with Crippen molar-refractivity contribution in [1.82, 2.24) is 25.2 Å². The van der Waals surface area contributed by atoms with Gasteiger partial charge in [0.2, 0.25) is 5.95 Å². The maximum atomic E-state index is 13.1. The first-order valence-corrected chi connectivity index (χ1v) is 11.8. The summed E-state index contributed by atoms with van der Waals surface area (Å²) in [4.78, 5) is 30.9. The Morgan fingerprint density at radius 1 is 1.06 bits per heavy atom. The molecule has 2 fully saturated rings. The zero-order valence-corrected chi connectivity index (χ0v) is 18.9. The molecule has 33 heavy (non-hydrogen) atoms. The quantitative estimate of drug-likeness (QED) is 0.558. The molecule has 172 valence electrons. The van der Waals surface area contributed by atoms with Gasteiger partial charge in [0.25, 0.3) is 5.91 Å². The molecule has 0 bridgehead atoms. The molecular formula is C25H30N6O2. The predicted octanol–water partition coefficient (Wildman–Crippen LogP) is 2.43. The number of hydrogen-bond acceptors (Lipinski definition) is 7. The van der Waals surface area contributed by atoms with Crippen LogP contribution in [0.2, 0.25) is 0 Å². The summed E-state index contributed by atoms with van der Waals surface area (Å²) < 4.78 is 5.46. The van der Waals surface area contributed by atoms with Crippen LogP contribution in [0.3, 0.4) is 0 Å². The third-order valence-electron chi connectivity index (χ3n) is 6.31. The summed E-state index contributed by atoms with van der Waals surface area (Å²) in [5.74, 6) is 0.742. The van der Waals surface area contributed by atoms with Crippen molar-refractivity contribution in [3.05, 3.63) is 59.5 Å². The van der Waals surface area contributed by atoms with Crippen molar-refractivity contribution in [2.45, 2.75) is 25.8 Å². The van der Waals surface area contributed by atoms with E-state index in [4.69, 9.17) is 9.72 Å². The van der Waals surface area contributed by atoms with Crippen molar-refractivity contribution in [2.75, 3.05) is 50.8 Å². The second-order valence-corrected chi connectivity index (χ2v) is 8.59. The van der Waals surface area contributed by atoms with Crippen LogP contribution >= 0.6 is 0 Å². The monoisotopic (exact) mass is 446 g/mol. The minimum atomic E-state index is 0.0538. The summed E-state index contributed by atoms with van der Waals surface area (Å²) in [5, 5.41) is 4.65. The number of benzene rings is 1. The summed E-state index contributed by atoms with van der Waals surface area (Å²) >= 11 is 0. The lowest BCUT2D eigenvalue weighted by atomic mass is 10.1. The van der Waals surface area contributed by atoms with E-state index in [1.165, 1.54) is 5.56 Å². The van der Waals surface area contributed by atoms with E-state index in [1.54, 1.807) is 6.20 Å². The molecule has 3 aromatic rings. The predicted molar refractivity (Wildman–Crippen MR) is 127 cm³/mol. The lowest BCUT2D eigenvalue weighted by Crippen LogP contribution is -2.38. The van der Waals surface area contributed by atoms with Crippen LogP contribution in [-0.2, 0) is 17.7 Å². The molecule has 0 saturated carbocycles. The largest absolute Gasteiger partial charge is 0.378 e. The normalized spacial score (nSPS) is 16.5. The summed E-state index contributed by atoms with van der Waals surface area (Å²) in [6.45, 7) is 6.01. The summed E-state index contributed by atoms with van der Waals surface area (Å²) in [5.41, 5.74) is 3.66. The Hall–Kier alpha value is -3.10. The average Bonchev–Trinajstić information content (AvgIpc) is 3.42. The minimum absolute atomic E-state index is 0.0538. The van der Waals surface area contributed by atoms with Crippen LogP contribution in [0.25, 0.3) is 10.9 Å². The maximum Gasteiger partial charge on any atom is 0.257 e. The van der Waals surface area contributed by atoms with Crippen LogP contribution < -0.4 is 10.2 Å². The molecule has 4 heterocycles. The Kier molecular flexibility index (Phi) is 6.73. The topological polar surface area (TPSA) is 83.5 Å². The minimum Gasteiger partial charge on any atom is -0.378 e. The van der Waals surface area contributed by atoms with Crippen LogP contribution in [0, 0.1) is 0 Å². The van der Waals surface area contributed by atoms with E-state index in [9.17, 15) is 4.79 Å². The van der Waals surface area contributed by atoms with Gasteiger partial charge in [0.05, 0.1) is 30.0 Å². The molecule has 2 aliphatic rings. The van der Waals surface area contributed by atoms with Gasteiger partial charge in [0, 0.05) is 63.5 Å². The van der Waals surface area contributed by atoms with E-state index in [2.05, 4.69) is 44.5 Å². The standard InChI is InChI=1S/C25H30N6O2/c32-24(30-10-1-2-11-30)21-18-28-25(31-12-14-33-15-13-31)29-23(21)7-9-26-17-19-5-6-22-20(16-19)4-3-8-27-22/h3-6,8,16,18,26H,1-2,7,9-15,17H2. The number of rotatable bonds is 7. The van der Waals surface area contributed by atoms with Gasteiger partial charge in [0.1, 0.15) is 0 Å². The molecule has 8 heteroatoms. The number of morpholine rings is 1. The first-order valence-electron chi connectivity index (χ1n) is 11.8. The first-order chi connectivity index (χ1) is 16.3. The molecule has 1 N–H and O–H groups in total. The average molecular weight is 447 g/mol. The van der Waals surface area contributed by atoms with Crippen molar-refractivity contribution >= 4 is 22.8 Å². The summed E-state index contributed by atoms with van der Waals surface area (Å²) in [7, 11) is 0. The third-order valence-corrected chi connectivity index (χ3v) is 6.31. The van der Waals surface area contributed by atoms with E-state index in [0.717, 1.165) is 68.7 Å². The van der Waals surface area contributed by atoms with Crippen molar-refractivity contribution in [3.8, 4) is 0 Å². The summed E-state index contributed by atoms with van der Waals surface area (Å²) in [6, 6.07) is 10.4. The van der Waals surface area contributed by atoms with E-state index in [0.29, 0.717) is 31.1 Å². The molecule has 0 atom stereocenters. The molecule has 0 aliphatic carbocycles. The van der Waals surface area contributed by atoms with Crippen molar-refractivity contribution < 1.29 is 9.53 Å². The molecular weight excluding hydrogens is 416 g/mol. The number of aromatic nitrogens is 3. The smallest absolute Gasteiger partial charge is 0.257 e. The lowest BCUT2D eigenvalue weighted by Gasteiger charge is -2.27. The number of pyridine rings is 1. The number of carbonyl (C=O) groups is 1. The van der Waals surface area contributed by atoms with E-state index in [1.807, 2.05) is 17.2 Å². The fraction of sp³-hybridized carbons (Fsp3) is 0.440. The highest BCUT2D eigenvalue weighted by Crippen LogP contribution is 2.19. The molecule has 0 unspecified atom stereocenters. The fourth-order valence-corrected chi connectivity index (χ4v) is 4.46. The Bertz CT molecular complexity index is 1110. The van der Waals surface area contributed by atoms with Crippen LogP contribution in [-0.4, -0.2) is 71.7 Å². The molecule has 0 spiro atoms. The Morgan fingerprint density at radius 2 is 1.91 bits per heavy atom. The van der Waals surface area contributed by atoms with Gasteiger partial charge in [-0.1, -0.05) is 12.1 Å².